The Morgan fingerprint density at radius 1 is 1.02 bits per heavy atom. The largest absolute Gasteiger partial charge is 0.493 e. The van der Waals surface area contributed by atoms with Gasteiger partial charge in [-0.05, 0) is 57.1 Å². The van der Waals surface area contributed by atoms with Crippen LogP contribution in [0.15, 0.2) is 24.3 Å². The van der Waals surface area contributed by atoms with E-state index in [-0.39, 0.29) is 38.3 Å². The number of carbonyl (C=O) groups is 3. The van der Waals surface area contributed by atoms with Crippen molar-refractivity contribution in [3.63, 3.8) is 0 Å². The molecule has 0 spiro atoms. The highest BCUT2D eigenvalue weighted by molar-refractivity contribution is 7.18. The molecule has 1 N–H and O–H groups in total. The number of nitrogens with zero attached hydrogens (tertiary/aromatic N) is 3. The molecule has 2 aromatic carbocycles. The van der Waals surface area contributed by atoms with Crippen molar-refractivity contribution in [1.29, 1.82) is 0 Å². The monoisotopic (exact) mass is 618 g/mol. The fraction of sp³-hybridized carbons (Fsp3) is 0.467. The molecular formula is C30H36F2N4O6S. The maximum absolute atomic E-state index is 13.9. The summed E-state index contributed by atoms with van der Waals surface area (Å²) in [5.74, 6) is -2.38. The quantitative estimate of drug-likeness (QED) is 0.291. The van der Waals surface area contributed by atoms with Crippen LogP contribution in [0.4, 0.5) is 8.78 Å². The second-order valence-electron chi connectivity index (χ2n) is 10.7. The van der Waals surface area contributed by atoms with E-state index in [0.717, 1.165) is 23.4 Å². The summed E-state index contributed by atoms with van der Waals surface area (Å²) < 4.78 is 44.7. The topological polar surface area (TPSA) is 110 Å². The number of fused-ring (bicyclic) bond motifs is 2. The zero-order chi connectivity index (χ0) is 31.3. The van der Waals surface area contributed by atoms with Crippen LogP contribution in [0.2, 0.25) is 0 Å². The van der Waals surface area contributed by atoms with Crippen molar-refractivity contribution in [3.05, 3.63) is 52.0 Å². The van der Waals surface area contributed by atoms with Crippen molar-refractivity contribution >= 4 is 39.3 Å². The standard InChI is InChI=1S/C30H36F2N4O6S/c1-6-36(8-7-35(2)3)27(37)17-42-24-11-22-25(12-23(24)40-4)43-26(34-22)16-33-29(39)30(15-28(38)41-5)13-18-9-20(31)21(32)10-19(18)14-30/h9-12H,6-8,13-17H2,1-5H3,(H,33,39). The number of hydrogen-bond donors (Lipinski definition) is 1. The molecule has 13 heteroatoms. The van der Waals surface area contributed by atoms with Crippen LogP contribution < -0.4 is 14.8 Å². The van der Waals surface area contributed by atoms with Crippen molar-refractivity contribution in [3.8, 4) is 11.5 Å². The summed E-state index contributed by atoms with van der Waals surface area (Å²) in [4.78, 5) is 46.8. The van der Waals surface area contributed by atoms with Gasteiger partial charge in [-0.1, -0.05) is 0 Å². The number of esters is 1. The van der Waals surface area contributed by atoms with Crippen LogP contribution in [-0.4, -0.2) is 87.1 Å². The van der Waals surface area contributed by atoms with Gasteiger partial charge < -0.3 is 29.3 Å². The maximum atomic E-state index is 13.9. The van der Waals surface area contributed by atoms with Gasteiger partial charge in [0.05, 0.1) is 42.8 Å². The van der Waals surface area contributed by atoms with Gasteiger partial charge in [0.15, 0.2) is 29.7 Å². The van der Waals surface area contributed by atoms with E-state index >= 15 is 0 Å². The molecule has 4 rings (SSSR count). The molecule has 0 saturated carbocycles. The summed E-state index contributed by atoms with van der Waals surface area (Å²) in [6, 6.07) is 5.61. The van der Waals surface area contributed by atoms with Crippen LogP contribution in [0, 0.1) is 17.0 Å². The number of carbonyl (C=O) groups excluding carboxylic acids is 3. The zero-order valence-corrected chi connectivity index (χ0v) is 25.7. The third kappa shape index (κ3) is 7.39. The van der Waals surface area contributed by atoms with Crippen LogP contribution in [-0.2, 0) is 38.5 Å². The predicted molar refractivity (Wildman–Crippen MR) is 157 cm³/mol. The SMILES string of the molecule is CCN(CCN(C)C)C(=O)COc1cc2nc(CNC(=O)C3(CC(=O)OC)Cc4cc(F)c(F)cc4C3)sc2cc1OC. The molecule has 0 radical (unpaired) electrons. The number of halogens is 2. The van der Waals surface area contributed by atoms with Gasteiger partial charge in [0.1, 0.15) is 5.01 Å². The molecule has 0 bridgehead atoms. The summed E-state index contributed by atoms with van der Waals surface area (Å²) in [5.41, 5.74) is 0.315. The number of likely N-dealkylation sites (N-methyl/N-ethyl adjacent to an activating group) is 2. The molecule has 3 aromatic rings. The summed E-state index contributed by atoms with van der Waals surface area (Å²) in [5, 5.41) is 3.44. The first kappa shape index (κ1) is 32.1. The molecular weight excluding hydrogens is 582 g/mol. The van der Waals surface area contributed by atoms with E-state index in [0.29, 0.717) is 46.2 Å². The van der Waals surface area contributed by atoms with Gasteiger partial charge in [-0.25, -0.2) is 13.8 Å². The van der Waals surface area contributed by atoms with Crippen molar-refractivity contribution in [2.24, 2.45) is 5.41 Å². The van der Waals surface area contributed by atoms with Gasteiger partial charge in [0.2, 0.25) is 5.91 Å². The van der Waals surface area contributed by atoms with Crippen molar-refractivity contribution in [1.82, 2.24) is 20.1 Å². The third-order valence-corrected chi connectivity index (χ3v) is 8.53. The van der Waals surface area contributed by atoms with E-state index in [2.05, 4.69) is 10.3 Å². The summed E-state index contributed by atoms with van der Waals surface area (Å²) in [6.45, 7) is 3.71. The Bertz CT molecular complexity index is 1480. The third-order valence-electron chi connectivity index (χ3n) is 7.51. The Morgan fingerprint density at radius 3 is 2.28 bits per heavy atom. The minimum atomic E-state index is -1.25. The number of aromatic nitrogens is 1. The van der Waals surface area contributed by atoms with Crippen molar-refractivity contribution < 1.29 is 37.4 Å². The molecule has 0 fully saturated rings. The molecule has 2 amide bonds. The molecule has 0 saturated heterocycles. The average Bonchev–Trinajstić information content (AvgIpc) is 3.54. The number of methoxy groups -OCH3 is 2. The predicted octanol–water partition coefficient (Wildman–Crippen LogP) is 3.34. The molecule has 10 nitrogen and oxygen atoms in total. The van der Waals surface area contributed by atoms with Gasteiger partial charge in [-0.2, -0.15) is 0 Å². The average molecular weight is 619 g/mol. The lowest BCUT2D eigenvalue weighted by molar-refractivity contribution is -0.148. The first-order chi connectivity index (χ1) is 20.5. The van der Waals surface area contributed by atoms with Gasteiger partial charge in [0.25, 0.3) is 5.91 Å². The maximum Gasteiger partial charge on any atom is 0.306 e. The molecule has 0 atom stereocenters. The molecule has 43 heavy (non-hydrogen) atoms. The van der Waals surface area contributed by atoms with Crippen LogP contribution in [0.3, 0.4) is 0 Å². The lowest BCUT2D eigenvalue weighted by Gasteiger charge is -2.26. The minimum Gasteiger partial charge on any atom is -0.493 e. The van der Waals surface area contributed by atoms with E-state index in [1.807, 2.05) is 25.9 Å². The lowest BCUT2D eigenvalue weighted by atomic mass is 9.80. The Hall–Kier alpha value is -3.84. The van der Waals surface area contributed by atoms with Crippen LogP contribution in [0.1, 0.15) is 29.5 Å². The highest BCUT2D eigenvalue weighted by Crippen LogP contribution is 2.41. The second-order valence-corrected chi connectivity index (χ2v) is 11.9. The second kappa shape index (κ2) is 13.6. The number of ether oxygens (including phenoxy) is 3. The summed E-state index contributed by atoms with van der Waals surface area (Å²) in [7, 11) is 6.62. The highest BCUT2D eigenvalue weighted by atomic mass is 32.1. The zero-order valence-electron chi connectivity index (χ0n) is 24.9. The summed E-state index contributed by atoms with van der Waals surface area (Å²) in [6.07, 6.45) is -0.0998. The van der Waals surface area contributed by atoms with Crippen molar-refractivity contribution in [2.45, 2.75) is 32.7 Å². The van der Waals surface area contributed by atoms with Crippen LogP contribution in [0.5, 0.6) is 11.5 Å². The van der Waals surface area contributed by atoms with Gasteiger partial charge >= 0.3 is 5.97 Å². The number of rotatable bonds is 13. The molecule has 1 aliphatic carbocycles. The van der Waals surface area contributed by atoms with E-state index in [4.69, 9.17) is 14.2 Å². The molecule has 1 heterocycles. The fourth-order valence-electron chi connectivity index (χ4n) is 5.15. The fourth-order valence-corrected chi connectivity index (χ4v) is 6.07. The molecule has 0 unspecified atom stereocenters. The van der Waals surface area contributed by atoms with E-state index in [1.54, 1.807) is 17.0 Å². The first-order valence-corrected chi connectivity index (χ1v) is 14.6. The van der Waals surface area contributed by atoms with Gasteiger partial charge in [0, 0.05) is 31.8 Å². The normalized spacial score (nSPS) is 13.6. The Labute approximate surface area is 252 Å². The number of benzene rings is 2. The molecule has 1 aliphatic rings. The van der Waals surface area contributed by atoms with Crippen LogP contribution in [0.25, 0.3) is 10.2 Å². The molecule has 232 valence electrons. The number of hydrogen-bond acceptors (Lipinski definition) is 9. The first-order valence-electron chi connectivity index (χ1n) is 13.8. The minimum absolute atomic E-state index is 0.0640. The Morgan fingerprint density at radius 2 is 1.70 bits per heavy atom. The number of nitrogens with one attached hydrogen (secondary N) is 1. The van der Waals surface area contributed by atoms with Crippen molar-refractivity contribution in [2.75, 3.05) is 54.6 Å². The van der Waals surface area contributed by atoms with Crippen LogP contribution >= 0.6 is 11.3 Å². The van der Waals surface area contributed by atoms with Gasteiger partial charge in [-0.15, -0.1) is 11.3 Å². The smallest absolute Gasteiger partial charge is 0.306 e. The van der Waals surface area contributed by atoms with Gasteiger partial charge in [-0.3, -0.25) is 14.4 Å². The highest BCUT2D eigenvalue weighted by Gasteiger charge is 2.46. The van der Waals surface area contributed by atoms with E-state index < -0.39 is 28.9 Å². The molecule has 0 aliphatic heterocycles. The van der Waals surface area contributed by atoms with E-state index in [9.17, 15) is 23.2 Å². The van der Waals surface area contributed by atoms with E-state index in [1.165, 1.54) is 25.6 Å². The Balaban J connectivity index is 1.47. The molecule has 1 aromatic heterocycles. The lowest BCUT2D eigenvalue weighted by Crippen LogP contribution is -2.43. The summed E-state index contributed by atoms with van der Waals surface area (Å²) >= 11 is 1.34. The number of thiazole rings is 1. The number of amides is 2. The Kier molecular flexibility index (Phi) is 10.2.